The molecule has 0 aromatic heterocycles. The zero-order valence-electron chi connectivity index (χ0n) is 18.3. The van der Waals surface area contributed by atoms with Gasteiger partial charge in [-0.3, -0.25) is 9.59 Å². The normalized spacial score (nSPS) is 17.1. The lowest BCUT2D eigenvalue weighted by molar-refractivity contribution is -0.129. The number of benzene rings is 2. The van der Waals surface area contributed by atoms with Crippen molar-refractivity contribution < 1.29 is 22.7 Å². The number of nitrogens with zero attached hydrogens (tertiary/aromatic N) is 3. The number of rotatable bonds is 4. The highest BCUT2D eigenvalue weighted by atomic mass is 32.2. The summed E-state index contributed by atoms with van der Waals surface area (Å²) in [6, 6.07) is 12.0. The van der Waals surface area contributed by atoms with Crippen LogP contribution < -0.4 is 4.74 Å². The molecule has 0 saturated carbocycles. The van der Waals surface area contributed by atoms with Crippen molar-refractivity contribution in [2.45, 2.75) is 24.8 Å². The number of ether oxygens (including phenoxy) is 1. The average molecular weight is 458 g/mol. The molecule has 2 aromatic carbocycles. The SMILES string of the molecule is COc1ccc2c(c1)CN(C(=O)c1ccc(S(=O)(=O)N3CCN(C(C)=O)CC3)cc1)CC2. The fourth-order valence-electron chi connectivity index (χ4n) is 4.18. The number of piperazine rings is 1. The third-order valence-electron chi connectivity index (χ3n) is 6.14. The lowest BCUT2D eigenvalue weighted by atomic mass is 9.99. The van der Waals surface area contributed by atoms with Gasteiger partial charge in [0.05, 0.1) is 12.0 Å². The molecule has 0 atom stereocenters. The molecular weight excluding hydrogens is 430 g/mol. The van der Waals surface area contributed by atoms with E-state index in [0.717, 1.165) is 17.7 Å². The molecule has 2 amide bonds. The van der Waals surface area contributed by atoms with Crippen molar-refractivity contribution in [3.8, 4) is 5.75 Å². The summed E-state index contributed by atoms with van der Waals surface area (Å²) in [5, 5.41) is 0. The van der Waals surface area contributed by atoms with Crippen LogP contribution in [0.2, 0.25) is 0 Å². The Bertz CT molecular complexity index is 1120. The van der Waals surface area contributed by atoms with Crippen LogP contribution in [0.4, 0.5) is 0 Å². The van der Waals surface area contributed by atoms with Crippen molar-refractivity contribution in [2.24, 2.45) is 0 Å². The number of carbonyl (C=O) groups excluding carboxylic acids is 2. The topological polar surface area (TPSA) is 87.2 Å². The molecule has 2 aliphatic heterocycles. The zero-order chi connectivity index (χ0) is 22.9. The largest absolute Gasteiger partial charge is 0.497 e. The van der Waals surface area contributed by atoms with Gasteiger partial charge in [0.1, 0.15) is 5.75 Å². The second-order valence-corrected chi connectivity index (χ2v) is 9.98. The van der Waals surface area contributed by atoms with E-state index in [9.17, 15) is 18.0 Å². The molecule has 4 rings (SSSR count). The first-order chi connectivity index (χ1) is 15.3. The molecule has 2 aliphatic rings. The summed E-state index contributed by atoms with van der Waals surface area (Å²) in [5.41, 5.74) is 2.73. The molecule has 1 fully saturated rings. The van der Waals surface area contributed by atoms with E-state index < -0.39 is 10.0 Å². The molecular formula is C23H27N3O5S. The van der Waals surface area contributed by atoms with Crippen molar-refractivity contribution in [3.63, 3.8) is 0 Å². The van der Waals surface area contributed by atoms with Crippen molar-refractivity contribution in [1.82, 2.24) is 14.1 Å². The van der Waals surface area contributed by atoms with E-state index in [2.05, 4.69) is 0 Å². The van der Waals surface area contributed by atoms with E-state index in [4.69, 9.17) is 4.74 Å². The lowest BCUT2D eigenvalue weighted by Crippen LogP contribution is -2.49. The second-order valence-electron chi connectivity index (χ2n) is 8.05. The molecule has 0 radical (unpaired) electrons. The van der Waals surface area contributed by atoms with Gasteiger partial charge in [-0.05, 0) is 53.9 Å². The first kappa shape index (κ1) is 22.3. The minimum Gasteiger partial charge on any atom is -0.497 e. The van der Waals surface area contributed by atoms with Crippen LogP contribution in [0, 0.1) is 0 Å². The molecule has 32 heavy (non-hydrogen) atoms. The van der Waals surface area contributed by atoms with Crippen LogP contribution in [0.25, 0.3) is 0 Å². The van der Waals surface area contributed by atoms with Crippen LogP contribution in [-0.2, 0) is 27.8 Å². The Balaban J connectivity index is 1.45. The number of hydrogen-bond donors (Lipinski definition) is 0. The third-order valence-corrected chi connectivity index (χ3v) is 8.05. The predicted molar refractivity (Wildman–Crippen MR) is 119 cm³/mol. The van der Waals surface area contributed by atoms with E-state index in [-0.39, 0.29) is 29.8 Å². The van der Waals surface area contributed by atoms with Crippen LogP contribution in [0.1, 0.15) is 28.4 Å². The molecule has 170 valence electrons. The maximum absolute atomic E-state index is 13.0. The summed E-state index contributed by atoms with van der Waals surface area (Å²) in [6.45, 7) is 3.87. The van der Waals surface area contributed by atoms with Crippen molar-refractivity contribution in [2.75, 3.05) is 39.8 Å². The smallest absolute Gasteiger partial charge is 0.254 e. The van der Waals surface area contributed by atoms with Gasteiger partial charge in [-0.25, -0.2) is 8.42 Å². The zero-order valence-corrected chi connectivity index (χ0v) is 19.1. The van der Waals surface area contributed by atoms with Gasteiger partial charge in [0, 0.05) is 51.8 Å². The Hall–Kier alpha value is -2.91. The van der Waals surface area contributed by atoms with Crippen LogP contribution >= 0.6 is 0 Å². The number of hydrogen-bond acceptors (Lipinski definition) is 5. The Kier molecular flexibility index (Phi) is 6.21. The summed E-state index contributed by atoms with van der Waals surface area (Å²) < 4.78 is 32.6. The van der Waals surface area contributed by atoms with E-state index >= 15 is 0 Å². The maximum Gasteiger partial charge on any atom is 0.254 e. The summed E-state index contributed by atoms with van der Waals surface area (Å²) in [6.07, 6.45) is 0.768. The van der Waals surface area contributed by atoms with Gasteiger partial charge in [-0.2, -0.15) is 4.31 Å². The highest BCUT2D eigenvalue weighted by Gasteiger charge is 2.29. The van der Waals surface area contributed by atoms with Crippen molar-refractivity contribution >= 4 is 21.8 Å². The van der Waals surface area contributed by atoms with Gasteiger partial charge in [-0.1, -0.05) is 6.07 Å². The summed E-state index contributed by atoms with van der Waals surface area (Å²) in [4.78, 5) is 28.1. The van der Waals surface area contributed by atoms with Crippen molar-refractivity contribution in [3.05, 3.63) is 59.2 Å². The van der Waals surface area contributed by atoms with Crippen LogP contribution in [0.5, 0.6) is 5.75 Å². The Morgan fingerprint density at radius 2 is 1.56 bits per heavy atom. The fraction of sp³-hybridized carbons (Fsp3) is 0.391. The monoisotopic (exact) mass is 457 g/mol. The van der Waals surface area contributed by atoms with Crippen LogP contribution in [-0.4, -0.2) is 74.2 Å². The fourth-order valence-corrected chi connectivity index (χ4v) is 5.60. The summed E-state index contributed by atoms with van der Waals surface area (Å²) in [7, 11) is -2.05. The quantitative estimate of drug-likeness (QED) is 0.698. The number of fused-ring (bicyclic) bond motifs is 1. The molecule has 2 aromatic rings. The van der Waals surface area contributed by atoms with E-state index in [0.29, 0.717) is 31.7 Å². The number of sulfonamides is 1. The first-order valence-electron chi connectivity index (χ1n) is 10.6. The molecule has 9 heteroatoms. The Morgan fingerprint density at radius 3 is 2.19 bits per heavy atom. The molecule has 0 unspecified atom stereocenters. The summed E-state index contributed by atoms with van der Waals surface area (Å²) >= 11 is 0. The van der Waals surface area contributed by atoms with Gasteiger partial charge in [0.2, 0.25) is 15.9 Å². The van der Waals surface area contributed by atoms with Gasteiger partial charge in [0.15, 0.2) is 0 Å². The molecule has 2 heterocycles. The summed E-state index contributed by atoms with van der Waals surface area (Å²) in [5.74, 6) is 0.581. The van der Waals surface area contributed by atoms with Crippen LogP contribution in [0.3, 0.4) is 0 Å². The number of methoxy groups -OCH3 is 1. The molecule has 0 spiro atoms. The maximum atomic E-state index is 13.0. The third kappa shape index (κ3) is 4.35. The molecule has 0 bridgehead atoms. The van der Waals surface area contributed by atoms with E-state index in [1.165, 1.54) is 28.9 Å². The highest BCUT2D eigenvalue weighted by Crippen LogP contribution is 2.25. The predicted octanol–water partition coefficient (Wildman–Crippen LogP) is 1.75. The van der Waals surface area contributed by atoms with Crippen LogP contribution in [0.15, 0.2) is 47.4 Å². The lowest BCUT2D eigenvalue weighted by Gasteiger charge is -2.33. The first-order valence-corrected chi connectivity index (χ1v) is 12.0. The molecule has 8 nitrogen and oxygen atoms in total. The average Bonchev–Trinajstić information content (AvgIpc) is 2.83. The van der Waals surface area contributed by atoms with Gasteiger partial charge >= 0.3 is 0 Å². The van der Waals surface area contributed by atoms with E-state index in [1.54, 1.807) is 29.0 Å². The molecule has 0 aliphatic carbocycles. The minimum atomic E-state index is -3.67. The minimum absolute atomic E-state index is 0.0521. The van der Waals surface area contributed by atoms with Crippen molar-refractivity contribution in [1.29, 1.82) is 0 Å². The second kappa shape index (κ2) is 8.91. The van der Waals surface area contributed by atoms with Gasteiger partial charge in [-0.15, -0.1) is 0 Å². The standard InChI is InChI=1S/C23H27N3O5S/c1-17(27)24-11-13-26(14-12-24)32(29,30)22-7-4-19(5-8-22)23(28)25-10-9-18-3-6-21(31-2)15-20(18)16-25/h3-8,15H,9-14,16H2,1-2H3. The number of carbonyl (C=O) groups is 2. The molecule has 0 N–H and O–H groups in total. The molecule has 1 saturated heterocycles. The Morgan fingerprint density at radius 1 is 0.875 bits per heavy atom. The van der Waals surface area contributed by atoms with E-state index in [1.807, 2.05) is 18.2 Å². The van der Waals surface area contributed by atoms with Gasteiger partial charge in [0.25, 0.3) is 5.91 Å². The van der Waals surface area contributed by atoms with Gasteiger partial charge < -0.3 is 14.5 Å². The number of amides is 2. The Labute approximate surface area is 188 Å². The highest BCUT2D eigenvalue weighted by molar-refractivity contribution is 7.89.